The zero-order chi connectivity index (χ0) is 15.2. The van der Waals surface area contributed by atoms with Crippen molar-refractivity contribution in [2.75, 3.05) is 6.54 Å². The van der Waals surface area contributed by atoms with Crippen molar-refractivity contribution in [2.45, 2.75) is 20.5 Å². The Bertz CT molecular complexity index is 698. The fourth-order valence-corrected chi connectivity index (χ4v) is 2.26. The molecule has 2 N–H and O–H groups in total. The molecule has 2 aromatic rings. The van der Waals surface area contributed by atoms with Crippen molar-refractivity contribution in [2.24, 2.45) is 5.73 Å². The lowest BCUT2D eigenvalue weighted by molar-refractivity contribution is 0.304. The maximum Gasteiger partial charge on any atom is 0.122 e. The smallest absolute Gasteiger partial charge is 0.122 e. The minimum absolute atomic E-state index is 0.364. The first-order valence-corrected chi connectivity index (χ1v) is 7.15. The van der Waals surface area contributed by atoms with Crippen LogP contribution in [-0.4, -0.2) is 6.54 Å². The monoisotopic (exact) mass is 299 g/mol. The zero-order valence-corrected chi connectivity index (χ0v) is 13.0. The summed E-state index contributed by atoms with van der Waals surface area (Å²) in [6.45, 7) is 4.83. The second kappa shape index (κ2) is 7.17. The highest BCUT2D eigenvalue weighted by molar-refractivity contribution is 6.31. The molecule has 0 unspecified atom stereocenters. The van der Waals surface area contributed by atoms with Crippen LogP contribution < -0.4 is 10.5 Å². The van der Waals surface area contributed by atoms with Gasteiger partial charge in [-0.15, -0.1) is 0 Å². The van der Waals surface area contributed by atoms with Gasteiger partial charge in [0.15, 0.2) is 0 Å². The molecule has 2 aromatic carbocycles. The van der Waals surface area contributed by atoms with Gasteiger partial charge in [-0.05, 0) is 49.2 Å². The second-order valence-electron chi connectivity index (χ2n) is 4.87. The molecule has 0 aliphatic carbocycles. The van der Waals surface area contributed by atoms with E-state index in [9.17, 15) is 0 Å². The van der Waals surface area contributed by atoms with Gasteiger partial charge in [0, 0.05) is 16.1 Å². The largest absolute Gasteiger partial charge is 0.489 e. The number of halogens is 1. The maximum absolute atomic E-state index is 6.21. The van der Waals surface area contributed by atoms with Crippen molar-refractivity contribution in [3.05, 3.63) is 63.7 Å². The van der Waals surface area contributed by atoms with E-state index in [4.69, 9.17) is 22.1 Å². The number of benzene rings is 2. The number of aryl methyl sites for hydroxylation is 2. The number of hydrogen-bond acceptors (Lipinski definition) is 2. The van der Waals surface area contributed by atoms with Crippen LogP contribution in [0.25, 0.3) is 0 Å². The molecule has 21 heavy (non-hydrogen) atoms. The van der Waals surface area contributed by atoms with Crippen molar-refractivity contribution in [3.63, 3.8) is 0 Å². The van der Waals surface area contributed by atoms with Crippen LogP contribution in [0.3, 0.4) is 0 Å². The van der Waals surface area contributed by atoms with Crippen molar-refractivity contribution >= 4 is 11.6 Å². The van der Waals surface area contributed by atoms with E-state index in [1.807, 2.05) is 50.2 Å². The summed E-state index contributed by atoms with van der Waals surface area (Å²) < 4.78 is 5.85. The van der Waals surface area contributed by atoms with Crippen LogP contribution in [0, 0.1) is 25.7 Å². The van der Waals surface area contributed by atoms with E-state index in [-0.39, 0.29) is 0 Å². The summed E-state index contributed by atoms with van der Waals surface area (Å²) in [7, 11) is 0. The molecule has 0 bridgehead atoms. The van der Waals surface area contributed by atoms with Crippen LogP contribution in [0.4, 0.5) is 0 Å². The third-order valence-corrected chi connectivity index (χ3v) is 3.45. The van der Waals surface area contributed by atoms with Crippen LogP contribution in [0.1, 0.15) is 22.3 Å². The Kier molecular flexibility index (Phi) is 5.27. The van der Waals surface area contributed by atoms with E-state index >= 15 is 0 Å². The van der Waals surface area contributed by atoms with E-state index in [0.717, 1.165) is 33.0 Å². The quantitative estimate of drug-likeness (QED) is 0.874. The Morgan fingerprint density at radius 1 is 1.14 bits per heavy atom. The third kappa shape index (κ3) is 4.26. The van der Waals surface area contributed by atoms with Gasteiger partial charge in [-0.25, -0.2) is 0 Å². The number of hydrogen-bond donors (Lipinski definition) is 1. The molecule has 0 saturated carbocycles. The fraction of sp³-hybridized carbons (Fsp3) is 0.222. The number of nitrogens with two attached hydrogens (primary N) is 1. The predicted molar refractivity (Wildman–Crippen MR) is 87.6 cm³/mol. The van der Waals surface area contributed by atoms with Gasteiger partial charge < -0.3 is 10.5 Å². The topological polar surface area (TPSA) is 35.2 Å². The predicted octanol–water partition coefficient (Wildman–Crippen LogP) is 3.85. The molecular weight excluding hydrogens is 282 g/mol. The van der Waals surface area contributed by atoms with Gasteiger partial charge in [0.25, 0.3) is 0 Å². The first kappa shape index (κ1) is 15.4. The van der Waals surface area contributed by atoms with Gasteiger partial charge in [0.1, 0.15) is 12.4 Å². The molecule has 3 heteroatoms. The Balaban J connectivity index is 2.09. The van der Waals surface area contributed by atoms with Gasteiger partial charge >= 0.3 is 0 Å². The molecule has 2 rings (SSSR count). The summed E-state index contributed by atoms with van der Waals surface area (Å²) in [5, 5.41) is 0.734. The molecule has 0 radical (unpaired) electrons. The van der Waals surface area contributed by atoms with Gasteiger partial charge in [-0.1, -0.05) is 35.6 Å². The summed E-state index contributed by atoms with van der Waals surface area (Å²) >= 11 is 6.21. The normalized spacial score (nSPS) is 9.90. The van der Waals surface area contributed by atoms with Gasteiger partial charge in [-0.3, -0.25) is 0 Å². The van der Waals surface area contributed by atoms with Gasteiger partial charge in [-0.2, -0.15) is 0 Å². The van der Waals surface area contributed by atoms with E-state index < -0.39 is 0 Å². The van der Waals surface area contributed by atoms with Crippen LogP contribution in [-0.2, 0) is 6.61 Å². The minimum Gasteiger partial charge on any atom is -0.489 e. The Morgan fingerprint density at radius 3 is 2.62 bits per heavy atom. The molecule has 2 nitrogen and oxygen atoms in total. The standard InChI is InChI=1S/C18H18ClNO/c1-13-5-7-16(17(19)10-13)12-21-18-8-6-15(4-3-9-20)11-14(18)2/h5-8,10-11H,9,12,20H2,1-2H3. The lowest BCUT2D eigenvalue weighted by Crippen LogP contribution is -1.98. The summed E-state index contributed by atoms with van der Waals surface area (Å²) in [6, 6.07) is 11.8. The summed E-state index contributed by atoms with van der Waals surface area (Å²) in [6.07, 6.45) is 0. The van der Waals surface area contributed by atoms with Gasteiger partial charge in [0.05, 0.1) is 6.54 Å². The Hall–Kier alpha value is -1.95. The first-order valence-electron chi connectivity index (χ1n) is 6.77. The second-order valence-corrected chi connectivity index (χ2v) is 5.28. The van der Waals surface area contributed by atoms with Crippen LogP contribution >= 0.6 is 11.6 Å². The minimum atomic E-state index is 0.364. The highest BCUT2D eigenvalue weighted by atomic mass is 35.5. The molecule has 0 atom stereocenters. The molecule has 0 heterocycles. The number of rotatable bonds is 3. The molecule has 0 amide bonds. The molecule has 0 aliphatic rings. The van der Waals surface area contributed by atoms with E-state index in [1.54, 1.807) is 0 Å². The maximum atomic E-state index is 6.21. The summed E-state index contributed by atoms with van der Waals surface area (Å²) in [4.78, 5) is 0. The molecule has 0 aliphatic heterocycles. The highest BCUT2D eigenvalue weighted by Gasteiger charge is 2.04. The summed E-state index contributed by atoms with van der Waals surface area (Å²) in [5.74, 6) is 6.69. The fourth-order valence-electron chi connectivity index (χ4n) is 1.97. The third-order valence-electron chi connectivity index (χ3n) is 3.10. The van der Waals surface area contributed by atoms with Crippen LogP contribution in [0.2, 0.25) is 5.02 Å². The molecule has 108 valence electrons. The van der Waals surface area contributed by atoms with E-state index in [2.05, 4.69) is 11.8 Å². The van der Waals surface area contributed by atoms with Crippen molar-refractivity contribution < 1.29 is 4.74 Å². The molecule has 0 fully saturated rings. The Morgan fingerprint density at radius 2 is 1.95 bits per heavy atom. The van der Waals surface area contributed by atoms with Crippen LogP contribution in [0.15, 0.2) is 36.4 Å². The van der Waals surface area contributed by atoms with Gasteiger partial charge in [0.2, 0.25) is 0 Å². The molecule has 0 saturated heterocycles. The average Bonchev–Trinajstić information content (AvgIpc) is 2.45. The van der Waals surface area contributed by atoms with E-state index in [0.29, 0.717) is 13.2 Å². The lowest BCUT2D eigenvalue weighted by atomic mass is 10.1. The van der Waals surface area contributed by atoms with Crippen molar-refractivity contribution in [1.82, 2.24) is 0 Å². The average molecular weight is 300 g/mol. The number of ether oxygens (including phenoxy) is 1. The zero-order valence-electron chi connectivity index (χ0n) is 12.2. The molecule has 0 spiro atoms. The molecular formula is C18H18ClNO. The van der Waals surface area contributed by atoms with E-state index in [1.165, 1.54) is 0 Å². The highest BCUT2D eigenvalue weighted by Crippen LogP contribution is 2.23. The summed E-state index contributed by atoms with van der Waals surface area (Å²) in [5.41, 5.74) is 9.48. The first-order chi connectivity index (χ1) is 10.1. The van der Waals surface area contributed by atoms with Crippen molar-refractivity contribution in [3.8, 4) is 17.6 Å². The molecule has 0 aromatic heterocycles. The van der Waals surface area contributed by atoms with Crippen LogP contribution in [0.5, 0.6) is 5.75 Å². The SMILES string of the molecule is Cc1ccc(COc2ccc(C#CCN)cc2C)c(Cl)c1. The lowest BCUT2D eigenvalue weighted by Gasteiger charge is -2.11. The van der Waals surface area contributed by atoms with Crippen molar-refractivity contribution in [1.29, 1.82) is 0 Å². The Labute approximate surface area is 130 Å².